The van der Waals surface area contributed by atoms with Crippen LogP contribution in [0.5, 0.6) is 11.5 Å². The third-order valence-electron chi connectivity index (χ3n) is 2.37. The van der Waals surface area contributed by atoms with Crippen LogP contribution in [0.4, 0.5) is 0 Å². The Kier molecular flexibility index (Phi) is 3.76. The van der Waals surface area contributed by atoms with E-state index >= 15 is 0 Å². The lowest BCUT2D eigenvalue weighted by Crippen LogP contribution is -1.89. The number of ether oxygens (including phenoxy) is 1. The lowest BCUT2D eigenvalue weighted by atomic mass is 10.1. The zero-order chi connectivity index (χ0) is 13.1. The maximum absolute atomic E-state index is 9.04. The van der Waals surface area contributed by atoms with Crippen molar-refractivity contribution in [2.24, 2.45) is 0 Å². The predicted octanol–water partition coefficient (Wildman–Crippen LogP) is 4.97. The van der Waals surface area contributed by atoms with E-state index in [4.69, 9.17) is 33.2 Å². The van der Waals surface area contributed by atoms with E-state index < -0.39 is 0 Å². The molecule has 0 atom stereocenters. The van der Waals surface area contributed by atoms with Gasteiger partial charge in [0.25, 0.3) is 0 Å². The van der Waals surface area contributed by atoms with Gasteiger partial charge < -0.3 is 4.74 Å². The number of halogens is 2. The molecule has 0 aromatic heterocycles. The van der Waals surface area contributed by atoms with Gasteiger partial charge in [0.05, 0.1) is 15.6 Å². The highest BCUT2D eigenvalue weighted by Gasteiger charge is 2.06. The number of hydrogen-bond acceptors (Lipinski definition) is 2. The fraction of sp³-hybridized carbons (Fsp3) is 0.0714. The maximum Gasteiger partial charge on any atom is 0.145 e. The van der Waals surface area contributed by atoms with E-state index in [9.17, 15) is 0 Å². The first kappa shape index (κ1) is 12.8. The van der Waals surface area contributed by atoms with Crippen LogP contribution in [0.1, 0.15) is 11.1 Å². The Morgan fingerprint density at radius 3 is 2.50 bits per heavy atom. The molecule has 0 heterocycles. The van der Waals surface area contributed by atoms with E-state index in [0.29, 0.717) is 27.1 Å². The maximum atomic E-state index is 9.04. The van der Waals surface area contributed by atoms with Crippen LogP contribution in [-0.4, -0.2) is 0 Å². The molecule has 2 aromatic carbocycles. The molecular weight excluding hydrogens is 269 g/mol. The minimum Gasteiger partial charge on any atom is -0.456 e. The van der Waals surface area contributed by atoms with Crippen LogP contribution in [0.3, 0.4) is 0 Å². The highest BCUT2D eigenvalue weighted by atomic mass is 35.5. The normalized spacial score (nSPS) is 9.89. The molecular formula is C14H9Cl2NO. The van der Waals surface area contributed by atoms with Gasteiger partial charge in [0.1, 0.15) is 17.6 Å². The Morgan fingerprint density at radius 1 is 1.06 bits per heavy atom. The van der Waals surface area contributed by atoms with Crippen molar-refractivity contribution in [3.05, 3.63) is 57.6 Å². The standard InChI is InChI=1S/C14H9Cl2NO/c1-9-2-5-14(10(6-9)8-17)18-11-3-4-12(15)13(16)7-11/h2-7H,1H3. The van der Waals surface area contributed by atoms with Crippen molar-refractivity contribution < 1.29 is 4.74 Å². The SMILES string of the molecule is Cc1ccc(Oc2ccc(Cl)c(Cl)c2)c(C#N)c1. The molecule has 0 fully saturated rings. The van der Waals surface area contributed by atoms with Crippen LogP contribution in [0.2, 0.25) is 10.0 Å². The molecule has 0 aliphatic heterocycles. The summed E-state index contributed by atoms with van der Waals surface area (Å²) in [5, 5.41) is 9.93. The highest BCUT2D eigenvalue weighted by molar-refractivity contribution is 6.42. The van der Waals surface area contributed by atoms with Crippen molar-refractivity contribution in [1.29, 1.82) is 5.26 Å². The summed E-state index contributed by atoms with van der Waals surface area (Å²) in [6, 6.07) is 12.5. The Hall–Kier alpha value is -1.69. The Labute approximate surface area is 115 Å². The second-order valence-corrected chi connectivity index (χ2v) is 4.60. The lowest BCUT2D eigenvalue weighted by molar-refractivity contribution is 0.481. The summed E-state index contributed by atoms with van der Waals surface area (Å²) in [6.07, 6.45) is 0. The number of hydrogen-bond donors (Lipinski definition) is 0. The largest absolute Gasteiger partial charge is 0.456 e. The molecule has 0 saturated heterocycles. The van der Waals surface area contributed by atoms with Gasteiger partial charge in [-0.2, -0.15) is 5.26 Å². The predicted molar refractivity (Wildman–Crippen MR) is 72.4 cm³/mol. The summed E-state index contributed by atoms with van der Waals surface area (Å²) in [6.45, 7) is 1.92. The van der Waals surface area contributed by atoms with E-state index in [0.717, 1.165) is 5.56 Å². The second kappa shape index (κ2) is 5.30. The van der Waals surface area contributed by atoms with Gasteiger partial charge in [-0.05, 0) is 36.8 Å². The molecule has 0 saturated carbocycles. The molecule has 2 aromatic rings. The van der Waals surface area contributed by atoms with E-state index in [2.05, 4.69) is 6.07 Å². The molecule has 2 nitrogen and oxygen atoms in total. The molecule has 0 aliphatic carbocycles. The van der Waals surface area contributed by atoms with E-state index in [1.807, 2.05) is 13.0 Å². The van der Waals surface area contributed by atoms with E-state index in [-0.39, 0.29) is 0 Å². The van der Waals surface area contributed by atoms with Crippen LogP contribution >= 0.6 is 23.2 Å². The molecule has 0 bridgehead atoms. The summed E-state index contributed by atoms with van der Waals surface area (Å²) < 4.78 is 5.63. The van der Waals surface area contributed by atoms with E-state index in [1.165, 1.54) is 0 Å². The number of benzene rings is 2. The summed E-state index contributed by atoms with van der Waals surface area (Å²) in [5.41, 5.74) is 1.49. The number of nitriles is 1. The Morgan fingerprint density at radius 2 is 1.83 bits per heavy atom. The van der Waals surface area contributed by atoms with Crippen molar-refractivity contribution in [1.82, 2.24) is 0 Å². The summed E-state index contributed by atoms with van der Waals surface area (Å²) in [7, 11) is 0. The monoisotopic (exact) mass is 277 g/mol. The van der Waals surface area contributed by atoms with Crippen molar-refractivity contribution >= 4 is 23.2 Å². The Balaban J connectivity index is 2.34. The van der Waals surface area contributed by atoms with Crippen molar-refractivity contribution in [3.8, 4) is 17.6 Å². The molecule has 90 valence electrons. The average molecular weight is 278 g/mol. The zero-order valence-corrected chi connectivity index (χ0v) is 11.1. The van der Waals surface area contributed by atoms with Crippen molar-refractivity contribution in [2.45, 2.75) is 6.92 Å². The summed E-state index contributed by atoms with van der Waals surface area (Å²) >= 11 is 11.7. The third kappa shape index (κ3) is 2.76. The van der Waals surface area contributed by atoms with Crippen LogP contribution in [0.25, 0.3) is 0 Å². The van der Waals surface area contributed by atoms with E-state index in [1.54, 1.807) is 30.3 Å². The molecule has 2 rings (SSSR count). The van der Waals surface area contributed by atoms with Gasteiger partial charge >= 0.3 is 0 Å². The van der Waals surface area contributed by atoms with Crippen molar-refractivity contribution in [2.75, 3.05) is 0 Å². The molecule has 0 N–H and O–H groups in total. The first-order valence-electron chi connectivity index (χ1n) is 5.24. The molecule has 0 spiro atoms. The fourth-order valence-electron chi connectivity index (χ4n) is 1.49. The molecule has 4 heteroatoms. The van der Waals surface area contributed by atoms with Crippen LogP contribution < -0.4 is 4.74 Å². The van der Waals surface area contributed by atoms with Gasteiger partial charge in [-0.1, -0.05) is 29.3 Å². The van der Waals surface area contributed by atoms with Gasteiger partial charge in [-0.25, -0.2) is 0 Å². The zero-order valence-electron chi connectivity index (χ0n) is 9.58. The smallest absolute Gasteiger partial charge is 0.145 e. The number of aryl methyl sites for hydroxylation is 1. The number of nitrogens with zero attached hydrogens (tertiary/aromatic N) is 1. The fourth-order valence-corrected chi connectivity index (χ4v) is 1.78. The average Bonchev–Trinajstić information content (AvgIpc) is 2.36. The topological polar surface area (TPSA) is 33.0 Å². The summed E-state index contributed by atoms with van der Waals surface area (Å²) in [5.74, 6) is 1.05. The van der Waals surface area contributed by atoms with Crippen LogP contribution in [0.15, 0.2) is 36.4 Å². The first-order chi connectivity index (χ1) is 8.60. The van der Waals surface area contributed by atoms with Gasteiger partial charge in [-0.15, -0.1) is 0 Å². The molecule has 0 radical (unpaired) electrons. The van der Waals surface area contributed by atoms with Gasteiger partial charge in [0.15, 0.2) is 0 Å². The molecule has 18 heavy (non-hydrogen) atoms. The first-order valence-corrected chi connectivity index (χ1v) is 5.99. The van der Waals surface area contributed by atoms with Gasteiger partial charge in [-0.3, -0.25) is 0 Å². The molecule has 0 unspecified atom stereocenters. The van der Waals surface area contributed by atoms with Gasteiger partial charge in [0.2, 0.25) is 0 Å². The second-order valence-electron chi connectivity index (χ2n) is 3.79. The van der Waals surface area contributed by atoms with Crippen LogP contribution in [-0.2, 0) is 0 Å². The van der Waals surface area contributed by atoms with Crippen molar-refractivity contribution in [3.63, 3.8) is 0 Å². The minimum absolute atomic E-state index is 0.416. The molecule has 0 amide bonds. The number of rotatable bonds is 2. The molecule has 0 aliphatic rings. The van der Waals surface area contributed by atoms with Gasteiger partial charge in [0, 0.05) is 6.07 Å². The minimum atomic E-state index is 0.416. The quantitative estimate of drug-likeness (QED) is 0.777. The summed E-state index contributed by atoms with van der Waals surface area (Å²) in [4.78, 5) is 0. The third-order valence-corrected chi connectivity index (χ3v) is 3.11. The highest BCUT2D eigenvalue weighted by Crippen LogP contribution is 2.31. The lowest BCUT2D eigenvalue weighted by Gasteiger charge is -2.08. The Bertz CT molecular complexity index is 632. The van der Waals surface area contributed by atoms with Crippen LogP contribution in [0, 0.1) is 18.3 Å².